The van der Waals surface area contributed by atoms with E-state index in [9.17, 15) is 0 Å². The molecule has 0 bridgehead atoms. The van der Waals surface area contributed by atoms with E-state index >= 15 is 0 Å². The van der Waals surface area contributed by atoms with E-state index in [1.165, 1.54) is 0 Å². The highest BCUT2D eigenvalue weighted by Gasteiger charge is 2.08. The third-order valence-electron chi connectivity index (χ3n) is 2.84. The normalized spacial score (nSPS) is 11.0. The zero-order valence-electron chi connectivity index (χ0n) is 11.6. The van der Waals surface area contributed by atoms with E-state index in [-0.39, 0.29) is 0 Å². The minimum Gasteiger partial charge on any atom is -0.493 e. The van der Waals surface area contributed by atoms with Crippen molar-refractivity contribution in [1.82, 2.24) is 9.78 Å². The molecule has 0 radical (unpaired) electrons. The van der Waals surface area contributed by atoms with Gasteiger partial charge in [-0.3, -0.25) is 4.68 Å². The molecule has 19 heavy (non-hydrogen) atoms. The van der Waals surface area contributed by atoms with Crippen molar-refractivity contribution in [2.24, 2.45) is 5.92 Å². The molecule has 0 unspecified atom stereocenters. The maximum absolute atomic E-state index is 6.07. The van der Waals surface area contributed by atoms with Crippen LogP contribution in [0.25, 0.3) is 0 Å². The van der Waals surface area contributed by atoms with Crippen molar-refractivity contribution in [3.63, 3.8) is 0 Å². The van der Waals surface area contributed by atoms with Crippen LogP contribution < -0.4 is 4.74 Å². The molecule has 0 spiro atoms. The Labute approximate surface area is 119 Å². The van der Waals surface area contributed by atoms with Crippen LogP contribution in [0.1, 0.15) is 25.1 Å². The molecule has 2 rings (SSSR count). The van der Waals surface area contributed by atoms with E-state index in [4.69, 9.17) is 16.3 Å². The first-order chi connectivity index (χ1) is 9.06. The van der Waals surface area contributed by atoms with Gasteiger partial charge < -0.3 is 4.74 Å². The van der Waals surface area contributed by atoms with Gasteiger partial charge in [0, 0.05) is 22.5 Å². The monoisotopic (exact) mass is 278 g/mol. The lowest BCUT2D eigenvalue weighted by molar-refractivity contribution is 0.268. The third-order valence-corrected chi connectivity index (χ3v) is 3.08. The molecule has 0 N–H and O–H groups in total. The van der Waals surface area contributed by atoms with Crippen LogP contribution in [-0.4, -0.2) is 16.4 Å². The van der Waals surface area contributed by atoms with Crippen molar-refractivity contribution >= 4 is 11.6 Å². The summed E-state index contributed by atoms with van der Waals surface area (Å²) in [6.45, 7) is 7.67. The Balaban J connectivity index is 2.22. The molecule has 0 saturated carbocycles. The lowest BCUT2D eigenvalue weighted by atomic mass is 10.2. The van der Waals surface area contributed by atoms with Gasteiger partial charge in [-0.25, -0.2) is 0 Å². The quantitative estimate of drug-likeness (QED) is 0.829. The van der Waals surface area contributed by atoms with E-state index in [0.717, 1.165) is 22.0 Å². The van der Waals surface area contributed by atoms with Gasteiger partial charge in [-0.15, -0.1) is 0 Å². The Morgan fingerprint density at radius 2 is 2.11 bits per heavy atom. The van der Waals surface area contributed by atoms with Gasteiger partial charge in [0.25, 0.3) is 0 Å². The second-order valence-corrected chi connectivity index (χ2v) is 5.52. The second-order valence-electron chi connectivity index (χ2n) is 5.09. The Bertz CT molecular complexity index is 549. The Kier molecular flexibility index (Phi) is 4.48. The fraction of sp³-hybridized carbons (Fsp3) is 0.400. The van der Waals surface area contributed by atoms with Gasteiger partial charge in [-0.05, 0) is 37.1 Å². The van der Waals surface area contributed by atoms with Crippen molar-refractivity contribution in [1.29, 1.82) is 0 Å². The molecular weight excluding hydrogens is 260 g/mol. The predicted molar refractivity (Wildman–Crippen MR) is 77.9 cm³/mol. The minimum absolute atomic E-state index is 0.495. The Morgan fingerprint density at radius 3 is 2.74 bits per heavy atom. The molecule has 102 valence electrons. The van der Waals surface area contributed by atoms with Crippen LogP contribution in [0.4, 0.5) is 0 Å². The van der Waals surface area contributed by atoms with Gasteiger partial charge in [-0.2, -0.15) is 5.10 Å². The van der Waals surface area contributed by atoms with E-state index < -0.39 is 0 Å². The Hall–Kier alpha value is -1.48. The first-order valence-electron chi connectivity index (χ1n) is 6.46. The second kappa shape index (κ2) is 6.11. The molecule has 2 aromatic rings. The van der Waals surface area contributed by atoms with Gasteiger partial charge in [0.2, 0.25) is 0 Å². The van der Waals surface area contributed by atoms with Crippen LogP contribution in [0.15, 0.2) is 30.5 Å². The largest absolute Gasteiger partial charge is 0.493 e. The van der Waals surface area contributed by atoms with E-state index in [1.54, 1.807) is 6.20 Å². The molecule has 1 heterocycles. The molecule has 0 aliphatic carbocycles. The van der Waals surface area contributed by atoms with E-state index in [1.807, 2.05) is 35.9 Å². The molecule has 1 aromatic heterocycles. The van der Waals surface area contributed by atoms with Gasteiger partial charge in [0.15, 0.2) is 0 Å². The number of nitrogens with zero attached hydrogens (tertiary/aromatic N) is 2. The van der Waals surface area contributed by atoms with Crippen LogP contribution >= 0.6 is 11.6 Å². The van der Waals surface area contributed by atoms with Crippen LogP contribution in [0, 0.1) is 12.8 Å². The van der Waals surface area contributed by atoms with Gasteiger partial charge in [0.05, 0.1) is 13.2 Å². The summed E-state index contributed by atoms with van der Waals surface area (Å²) in [5.74, 6) is 1.38. The number of benzene rings is 1. The molecule has 3 nitrogen and oxygen atoms in total. The minimum atomic E-state index is 0.495. The number of aryl methyl sites for hydroxylation is 1. The summed E-state index contributed by atoms with van der Waals surface area (Å²) in [6, 6.07) is 7.72. The lowest BCUT2D eigenvalue weighted by Crippen LogP contribution is -2.09. The smallest absolute Gasteiger partial charge is 0.124 e. The van der Waals surface area contributed by atoms with Crippen LogP contribution in [0.3, 0.4) is 0 Å². The van der Waals surface area contributed by atoms with Gasteiger partial charge in [-0.1, -0.05) is 25.4 Å². The number of ether oxygens (including phenoxy) is 1. The lowest BCUT2D eigenvalue weighted by Gasteiger charge is -2.14. The number of hydrogen-bond acceptors (Lipinski definition) is 2. The van der Waals surface area contributed by atoms with Gasteiger partial charge >= 0.3 is 0 Å². The van der Waals surface area contributed by atoms with Crippen molar-refractivity contribution in [2.45, 2.75) is 27.3 Å². The Morgan fingerprint density at radius 1 is 1.32 bits per heavy atom. The van der Waals surface area contributed by atoms with Crippen molar-refractivity contribution < 1.29 is 4.74 Å². The number of halogens is 1. The zero-order valence-corrected chi connectivity index (χ0v) is 12.3. The maximum Gasteiger partial charge on any atom is 0.124 e. The topological polar surface area (TPSA) is 27.1 Å². The average Bonchev–Trinajstić information content (AvgIpc) is 2.74. The van der Waals surface area contributed by atoms with Crippen molar-refractivity contribution in [3.05, 3.63) is 46.7 Å². The summed E-state index contributed by atoms with van der Waals surface area (Å²) in [4.78, 5) is 0. The third kappa shape index (κ3) is 3.74. The summed E-state index contributed by atoms with van der Waals surface area (Å²) >= 11 is 6.07. The summed E-state index contributed by atoms with van der Waals surface area (Å²) in [7, 11) is 0. The fourth-order valence-electron chi connectivity index (χ4n) is 1.79. The first kappa shape index (κ1) is 13.9. The first-order valence-corrected chi connectivity index (χ1v) is 6.83. The zero-order chi connectivity index (χ0) is 13.8. The molecule has 1 aromatic carbocycles. The molecule has 0 amide bonds. The van der Waals surface area contributed by atoms with Crippen LogP contribution in [0.5, 0.6) is 5.75 Å². The summed E-state index contributed by atoms with van der Waals surface area (Å²) in [5, 5.41) is 5.01. The van der Waals surface area contributed by atoms with Crippen molar-refractivity contribution in [3.8, 4) is 5.75 Å². The molecule has 4 heteroatoms. The number of hydrogen-bond donors (Lipinski definition) is 0. The predicted octanol–water partition coefficient (Wildman–Crippen LogP) is 3.93. The van der Waals surface area contributed by atoms with E-state index in [2.05, 4.69) is 18.9 Å². The maximum atomic E-state index is 6.07. The van der Waals surface area contributed by atoms with Crippen LogP contribution in [-0.2, 0) is 6.54 Å². The number of aromatic nitrogens is 2. The molecular formula is C15H19ClN2O. The summed E-state index contributed by atoms with van der Waals surface area (Å²) < 4.78 is 7.78. The van der Waals surface area contributed by atoms with Crippen molar-refractivity contribution in [2.75, 3.05) is 6.61 Å². The average molecular weight is 279 g/mol. The van der Waals surface area contributed by atoms with Crippen LogP contribution in [0.2, 0.25) is 5.02 Å². The SMILES string of the molecule is Cc1ccnn1Cc1cc(Cl)ccc1OCC(C)C. The molecule has 0 atom stereocenters. The van der Waals surface area contributed by atoms with E-state index in [0.29, 0.717) is 19.1 Å². The molecule has 0 aliphatic rings. The fourth-order valence-corrected chi connectivity index (χ4v) is 1.99. The number of rotatable bonds is 5. The summed E-state index contributed by atoms with van der Waals surface area (Å²) in [5.41, 5.74) is 2.18. The van der Waals surface area contributed by atoms with Gasteiger partial charge in [0.1, 0.15) is 5.75 Å². The molecule has 0 saturated heterocycles. The standard InChI is InChI=1S/C15H19ClN2O/c1-11(2)10-19-15-5-4-14(16)8-13(15)9-18-12(3)6-7-17-18/h4-8,11H,9-10H2,1-3H3. The highest BCUT2D eigenvalue weighted by Crippen LogP contribution is 2.24. The molecule has 0 fully saturated rings. The highest BCUT2D eigenvalue weighted by molar-refractivity contribution is 6.30. The highest BCUT2D eigenvalue weighted by atomic mass is 35.5. The summed E-state index contributed by atoms with van der Waals surface area (Å²) in [6.07, 6.45) is 1.80. The molecule has 0 aliphatic heterocycles.